The highest BCUT2D eigenvalue weighted by molar-refractivity contribution is 5.64. The van der Waals surface area contributed by atoms with Crippen LogP contribution in [0.1, 0.15) is 26.2 Å². The van der Waals surface area contributed by atoms with E-state index in [4.69, 9.17) is 5.73 Å². The number of nitrogens with two attached hydrogens (primary N) is 1. The maximum Gasteiger partial charge on any atom is 0.0736 e. The molecule has 2 rings (SSSR count). The van der Waals surface area contributed by atoms with Crippen molar-refractivity contribution in [2.75, 3.05) is 11.1 Å². The van der Waals surface area contributed by atoms with Crippen molar-refractivity contribution in [3.8, 4) is 0 Å². The van der Waals surface area contributed by atoms with E-state index < -0.39 is 0 Å². The molecule has 1 saturated carbocycles. The van der Waals surface area contributed by atoms with Gasteiger partial charge in [-0.15, -0.1) is 0 Å². The quantitative estimate of drug-likeness (QED) is 0.770. The third-order valence-corrected chi connectivity index (χ3v) is 3.09. The number of rotatable bonds is 3. The van der Waals surface area contributed by atoms with Crippen molar-refractivity contribution < 1.29 is 0 Å². The van der Waals surface area contributed by atoms with E-state index in [0.29, 0.717) is 6.04 Å². The van der Waals surface area contributed by atoms with Gasteiger partial charge in [0, 0.05) is 12.2 Å². The lowest BCUT2D eigenvalue weighted by atomic mass is 9.80. The molecular formula is C11H17N3. The van der Waals surface area contributed by atoms with Gasteiger partial charge >= 0.3 is 0 Å². The summed E-state index contributed by atoms with van der Waals surface area (Å²) in [5.74, 6) is 0.822. The van der Waals surface area contributed by atoms with Crippen molar-refractivity contribution in [3.63, 3.8) is 0 Å². The molecule has 3 N–H and O–H groups in total. The normalized spacial score (nSPS) is 18.6. The molecular weight excluding hydrogens is 174 g/mol. The number of nitrogen functional groups attached to an aromatic ring is 1. The fraction of sp³-hybridized carbons (Fsp3) is 0.545. The Morgan fingerprint density at radius 3 is 2.93 bits per heavy atom. The van der Waals surface area contributed by atoms with Crippen LogP contribution in [0, 0.1) is 5.92 Å². The van der Waals surface area contributed by atoms with Crippen molar-refractivity contribution >= 4 is 11.4 Å². The Bertz CT molecular complexity index is 307. The van der Waals surface area contributed by atoms with Gasteiger partial charge in [-0.05, 0) is 31.7 Å². The van der Waals surface area contributed by atoms with Gasteiger partial charge in [-0.25, -0.2) is 0 Å². The monoisotopic (exact) mass is 191 g/mol. The van der Waals surface area contributed by atoms with E-state index in [2.05, 4.69) is 17.2 Å². The molecule has 76 valence electrons. The number of aromatic nitrogens is 1. The first-order chi connectivity index (χ1) is 6.77. The van der Waals surface area contributed by atoms with E-state index in [0.717, 1.165) is 17.3 Å². The van der Waals surface area contributed by atoms with Crippen molar-refractivity contribution in [3.05, 3.63) is 18.5 Å². The van der Waals surface area contributed by atoms with Crippen LogP contribution in [0.2, 0.25) is 0 Å². The van der Waals surface area contributed by atoms with Gasteiger partial charge in [-0.2, -0.15) is 0 Å². The van der Waals surface area contributed by atoms with Gasteiger partial charge in [-0.1, -0.05) is 6.42 Å². The Morgan fingerprint density at radius 2 is 2.36 bits per heavy atom. The second-order valence-electron chi connectivity index (χ2n) is 4.09. The predicted octanol–water partition coefficient (Wildman–Crippen LogP) is 2.26. The first-order valence-electron chi connectivity index (χ1n) is 5.23. The number of nitrogens with one attached hydrogen (secondary N) is 1. The van der Waals surface area contributed by atoms with E-state index in [9.17, 15) is 0 Å². The largest absolute Gasteiger partial charge is 0.396 e. The van der Waals surface area contributed by atoms with E-state index >= 15 is 0 Å². The summed E-state index contributed by atoms with van der Waals surface area (Å²) in [6, 6.07) is 2.46. The molecule has 0 saturated heterocycles. The number of nitrogens with zero attached hydrogens (tertiary/aromatic N) is 1. The first-order valence-corrected chi connectivity index (χ1v) is 5.23. The lowest BCUT2D eigenvalue weighted by Gasteiger charge is -2.32. The number of anilines is 2. The second-order valence-corrected chi connectivity index (χ2v) is 4.09. The predicted molar refractivity (Wildman–Crippen MR) is 59.1 cm³/mol. The lowest BCUT2D eigenvalue weighted by molar-refractivity contribution is 0.285. The molecule has 3 nitrogen and oxygen atoms in total. The summed E-state index contributed by atoms with van der Waals surface area (Å²) in [6.07, 6.45) is 7.53. The van der Waals surface area contributed by atoms with Crippen LogP contribution in [0.4, 0.5) is 11.4 Å². The molecule has 0 bridgehead atoms. The van der Waals surface area contributed by atoms with Gasteiger partial charge in [0.2, 0.25) is 0 Å². The highest BCUT2D eigenvalue weighted by Gasteiger charge is 2.23. The highest BCUT2D eigenvalue weighted by atomic mass is 14.9. The third-order valence-electron chi connectivity index (χ3n) is 3.09. The summed E-state index contributed by atoms with van der Waals surface area (Å²) < 4.78 is 0. The maximum atomic E-state index is 5.80. The molecule has 1 fully saturated rings. The standard InChI is InChI=1S/C11H17N3/c1-8(9-3-2-4-9)14-11-5-6-13-7-10(11)12/h5-9H,2-4,12H2,1H3,(H,13,14). The molecule has 1 aromatic rings. The van der Waals surface area contributed by atoms with Gasteiger partial charge in [-0.3, -0.25) is 4.98 Å². The van der Waals surface area contributed by atoms with E-state index in [1.165, 1.54) is 19.3 Å². The molecule has 1 aliphatic rings. The Balaban J connectivity index is 1.99. The summed E-state index contributed by atoms with van der Waals surface area (Å²) in [4.78, 5) is 3.97. The molecule has 1 atom stereocenters. The Labute approximate surface area is 84.7 Å². The van der Waals surface area contributed by atoms with Crippen LogP contribution in [0.5, 0.6) is 0 Å². The van der Waals surface area contributed by atoms with Crippen molar-refractivity contribution in [2.45, 2.75) is 32.2 Å². The zero-order chi connectivity index (χ0) is 9.97. The molecule has 1 heterocycles. The van der Waals surface area contributed by atoms with Gasteiger partial charge in [0.15, 0.2) is 0 Å². The van der Waals surface area contributed by atoms with Crippen molar-refractivity contribution in [2.24, 2.45) is 5.92 Å². The van der Waals surface area contributed by atoms with Crippen molar-refractivity contribution in [1.29, 1.82) is 0 Å². The summed E-state index contributed by atoms with van der Waals surface area (Å²) in [5, 5.41) is 3.45. The Morgan fingerprint density at radius 1 is 1.57 bits per heavy atom. The van der Waals surface area contributed by atoms with Crippen LogP contribution < -0.4 is 11.1 Å². The third kappa shape index (κ3) is 1.81. The van der Waals surface area contributed by atoms with Crippen LogP contribution in [-0.4, -0.2) is 11.0 Å². The van der Waals surface area contributed by atoms with Crippen LogP contribution in [0.3, 0.4) is 0 Å². The molecule has 14 heavy (non-hydrogen) atoms. The van der Waals surface area contributed by atoms with E-state index in [1.807, 2.05) is 6.07 Å². The molecule has 1 unspecified atom stereocenters. The minimum absolute atomic E-state index is 0.522. The minimum Gasteiger partial charge on any atom is -0.396 e. The molecule has 0 radical (unpaired) electrons. The van der Waals surface area contributed by atoms with E-state index in [-0.39, 0.29) is 0 Å². The van der Waals surface area contributed by atoms with Gasteiger partial charge in [0.05, 0.1) is 17.6 Å². The Hall–Kier alpha value is -1.25. The SMILES string of the molecule is CC(Nc1ccncc1N)C1CCC1. The van der Waals surface area contributed by atoms with Crippen LogP contribution >= 0.6 is 0 Å². The summed E-state index contributed by atoms with van der Waals surface area (Å²) >= 11 is 0. The Kier molecular flexibility index (Phi) is 2.57. The molecule has 0 aromatic carbocycles. The molecule has 3 heteroatoms. The average Bonchev–Trinajstić information content (AvgIpc) is 2.05. The van der Waals surface area contributed by atoms with Gasteiger partial charge in [0.1, 0.15) is 0 Å². The minimum atomic E-state index is 0.522. The van der Waals surface area contributed by atoms with Crippen molar-refractivity contribution in [1.82, 2.24) is 4.98 Å². The van der Waals surface area contributed by atoms with Crippen LogP contribution in [-0.2, 0) is 0 Å². The topological polar surface area (TPSA) is 50.9 Å². The van der Waals surface area contributed by atoms with Gasteiger partial charge < -0.3 is 11.1 Å². The zero-order valence-corrected chi connectivity index (χ0v) is 8.53. The molecule has 0 amide bonds. The zero-order valence-electron chi connectivity index (χ0n) is 8.53. The number of hydrogen-bond acceptors (Lipinski definition) is 3. The molecule has 1 aliphatic carbocycles. The summed E-state index contributed by atoms with van der Waals surface area (Å²) in [6.45, 7) is 2.23. The van der Waals surface area contributed by atoms with Gasteiger partial charge in [0.25, 0.3) is 0 Å². The molecule has 0 spiro atoms. The summed E-state index contributed by atoms with van der Waals surface area (Å²) in [5.41, 5.74) is 7.55. The smallest absolute Gasteiger partial charge is 0.0736 e. The van der Waals surface area contributed by atoms with Crippen LogP contribution in [0.15, 0.2) is 18.5 Å². The molecule has 1 aromatic heterocycles. The average molecular weight is 191 g/mol. The number of pyridine rings is 1. The van der Waals surface area contributed by atoms with Crippen LogP contribution in [0.25, 0.3) is 0 Å². The fourth-order valence-corrected chi connectivity index (χ4v) is 1.84. The highest BCUT2D eigenvalue weighted by Crippen LogP contribution is 2.31. The van der Waals surface area contributed by atoms with E-state index in [1.54, 1.807) is 12.4 Å². The lowest BCUT2D eigenvalue weighted by Crippen LogP contribution is -2.31. The second kappa shape index (κ2) is 3.86. The fourth-order valence-electron chi connectivity index (χ4n) is 1.84. The first kappa shape index (κ1) is 9.31. The maximum absolute atomic E-state index is 5.80. The summed E-state index contributed by atoms with van der Waals surface area (Å²) in [7, 11) is 0. The molecule has 0 aliphatic heterocycles. The number of hydrogen-bond donors (Lipinski definition) is 2.